The van der Waals surface area contributed by atoms with Gasteiger partial charge in [-0.2, -0.15) is 0 Å². The van der Waals surface area contributed by atoms with Gasteiger partial charge in [-0.25, -0.2) is 13.6 Å². The number of ether oxygens (including phenoxy) is 1. The molecule has 1 heterocycles. The van der Waals surface area contributed by atoms with Gasteiger partial charge in [-0.1, -0.05) is 0 Å². The van der Waals surface area contributed by atoms with E-state index in [9.17, 15) is 13.6 Å². The molecule has 2 fully saturated rings. The Kier molecular flexibility index (Phi) is 3.73. The predicted molar refractivity (Wildman–Crippen MR) is 83.5 cm³/mol. The first kappa shape index (κ1) is 16.0. The third-order valence-corrected chi connectivity index (χ3v) is 4.34. The van der Waals surface area contributed by atoms with E-state index < -0.39 is 17.2 Å². The van der Waals surface area contributed by atoms with Gasteiger partial charge in [-0.3, -0.25) is 4.90 Å². The van der Waals surface area contributed by atoms with Gasteiger partial charge in [-0.05, 0) is 45.7 Å². The molecule has 1 saturated heterocycles. The normalized spacial score (nSPS) is 19.9. The Bertz CT molecular complexity index is 624. The number of hydrogen-bond acceptors (Lipinski definition) is 3. The number of carbonyl (C=O) groups is 1. The minimum Gasteiger partial charge on any atom is -0.444 e. The Hall–Kier alpha value is -1.85. The minimum absolute atomic E-state index is 0.276. The molecule has 1 spiro atoms. The highest BCUT2D eigenvalue weighted by molar-refractivity contribution is 5.71. The first-order valence-electron chi connectivity index (χ1n) is 7.91. The van der Waals surface area contributed by atoms with Crippen molar-refractivity contribution in [1.29, 1.82) is 0 Å². The van der Waals surface area contributed by atoms with E-state index in [-0.39, 0.29) is 11.6 Å². The molecule has 1 saturated carbocycles. The molecule has 1 aliphatic carbocycles. The first-order chi connectivity index (χ1) is 10.7. The van der Waals surface area contributed by atoms with E-state index in [4.69, 9.17) is 4.74 Å². The van der Waals surface area contributed by atoms with Gasteiger partial charge < -0.3 is 9.64 Å². The van der Waals surface area contributed by atoms with Gasteiger partial charge in [0.25, 0.3) is 0 Å². The number of rotatable bonds is 1. The molecule has 0 aromatic heterocycles. The van der Waals surface area contributed by atoms with Crippen molar-refractivity contribution < 1.29 is 18.3 Å². The summed E-state index contributed by atoms with van der Waals surface area (Å²) in [6.45, 7) is 7.06. The molecule has 1 amide bonds. The summed E-state index contributed by atoms with van der Waals surface area (Å²) in [5.74, 6) is -1.15. The molecule has 6 heteroatoms. The molecule has 0 N–H and O–H groups in total. The average Bonchev–Trinajstić information content (AvgIpc) is 3.16. The Labute approximate surface area is 135 Å². The van der Waals surface area contributed by atoms with Crippen LogP contribution in [-0.4, -0.2) is 41.8 Å². The Morgan fingerprint density at radius 2 is 1.91 bits per heavy atom. The van der Waals surface area contributed by atoms with Crippen molar-refractivity contribution in [3.63, 3.8) is 0 Å². The third-order valence-electron chi connectivity index (χ3n) is 4.34. The molecule has 23 heavy (non-hydrogen) atoms. The second kappa shape index (κ2) is 5.35. The van der Waals surface area contributed by atoms with Crippen LogP contribution < -0.4 is 4.90 Å². The largest absolute Gasteiger partial charge is 0.444 e. The van der Waals surface area contributed by atoms with Gasteiger partial charge in [0.05, 0.1) is 11.2 Å². The van der Waals surface area contributed by atoms with Gasteiger partial charge in [0.1, 0.15) is 17.2 Å². The van der Waals surface area contributed by atoms with Crippen LogP contribution in [0.4, 0.5) is 19.3 Å². The maximum Gasteiger partial charge on any atom is 0.410 e. The summed E-state index contributed by atoms with van der Waals surface area (Å²) in [7, 11) is 0. The molecule has 4 nitrogen and oxygen atoms in total. The van der Waals surface area contributed by atoms with Crippen LogP contribution in [0.15, 0.2) is 18.2 Å². The Morgan fingerprint density at radius 3 is 2.48 bits per heavy atom. The third kappa shape index (κ3) is 3.26. The fourth-order valence-corrected chi connectivity index (χ4v) is 3.10. The van der Waals surface area contributed by atoms with Gasteiger partial charge in [-0.15, -0.1) is 0 Å². The molecule has 1 aliphatic heterocycles. The molecule has 0 atom stereocenters. The van der Waals surface area contributed by atoms with Gasteiger partial charge in [0, 0.05) is 25.7 Å². The lowest BCUT2D eigenvalue weighted by atomic mass is 10.1. The molecule has 0 unspecified atom stereocenters. The zero-order valence-electron chi connectivity index (χ0n) is 13.7. The summed E-state index contributed by atoms with van der Waals surface area (Å²) < 4.78 is 32.6. The molecule has 0 radical (unpaired) electrons. The van der Waals surface area contributed by atoms with Crippen LogP contribution in [0.3, 0.4) is 0 Å². The first-order valence-corrected chi connectivity index (χ1v) is 7.91. The topological polar surface area (TPSA) is 32.8 Å². The van der Waals surface area contributed by atoms with Gasteiger partial charge >= 0.3 is 6.09 Å². The van der Waals surface area contributed by atoms with Crippen molar-refractivity contribution >= 4 is 11.8 Å². The molecule has 2 aliphatic rings. The van der Waals surface area contributed by atoms with Crippen molar-refractivity contribution in [2.45, 2.75) is 44.8 Å². The van der Waals surface area contributed by atoms with Crippen LogP contribution in [0.25, 0.3) is 0 Å². The highest BCUT2D eigenvalue weighted by Crippen LogP contribution is 2.45. The fraction of sp³-hybridized carbons (Fsp3) is 0.588. The highest BCUT2D eigenvalue weighted by Gasteiger charge is 2.54. The highest BCUT2D eigenvalue weighted by atomic mass is 19.1. The van der Waals surface area contributed by atoms with Crippen molar-refractivity contribution in [1.82, 2.24) is 4.90 Å². The summed E-state index contributed by atoms with van der Waals surface area (Å²) in [4.78, 5) is 16.1. The van der Waals surface area contributed by atoms with E-state index >= 15 is 0 Å². The van der Waals surface area contributed by atoms with Gasteiger partial charge in [0.2, 0.25) is 0 Å². The SMILES string of the molecule is CC(C)(C)OC(=O)N1CCN(c2ccc(F)cc2F)CC12CC2. The minimum atomic E-state index is -0.584. The standard InChI is InChI=1S/C17H22F2N2O2/c1-16(2,3)23-15(22)21-9-8-20(11-17(21)6-7-17)14-5-4-12(18)10-13(14)19/h4-5,10H,6-9,11H2,1-3H3. The van der Waals surface area contributed by atoms with Crippen molar-refractivity contribution in [3.8, 4) is 0 Å². The maximum absolute atomic E-state index is 14.0. The fourth-order valence-electron chi connectivity index (χ4n) is 3.10. The number of piperazine rings is 1. The zero-order chi connectivity index (χ0) is 16.8. The molecular weight excluding hydrogens is 302 g/mol. The van der Waals surface area contributed by atoms with Crippen LogP contribution in [-0.2, 0) is 4.74 Å². The van der Waals surface area contributed by atoms with E-state index in [2.05, 4.69) is 0 Å². The van der Waals surface area contributed by atoms with Crippen LogP contribution in [0.5, 0.6) is 0 Å². The average molecular weight is 324 g/mol. The smallest absolute Gasteiger partial charge is 0.410 e. The van der Waals surface area contributed by atoms with Crippen LogP contribution in [0.2, 0.25) is 0 Å². The van der Waals surface area contributed by atoms with E-state index in [0.29, 0.717) is 25.3 Å². The Morgan fingerprint density at radius 1 is 1.22 bits per heavy atom. The number of nitrogens with zero attached hydrogens (tertiary/aromatic N) is 2. The van der Waals surface area contributed by atoms with E-state index in [1.54, 1.807) is 4.90 Å². The summed E-state index contributed by atoms with van der Waals surface area (Å²) in [6.07, 6.45) is 1.45. The van der Waals surface area contributed by atoms with Crippen molar-refractivity contribution in [2.24, 2.45) is 0 Å². The second-order valence-electron chi connectivity index (χ2n) is 7.37. The number of benzene rings is 1. The summed E-state index contributed by atoms with van der Waals surface area (Å²) >= 11 is 0. The monoisotopic (exact) mass is 324 g/mol. The molecule has 1 aromatic rings. The summed E-state index contributed by atoms with van der Waals surface area (Å²) in [6, 6.07) is 3.62. The zero-order valence-corrected chi connectivity index (χ0v) is 13.7. The number of hydrogen-bond donors (Lipinski definition) is 0. The second-order valence-corrected chi connectivity index (χ2v) is 7.37. The lowest BCUT2D eigenvalue weighted by Crippen LogP contribution is -2.58. The molecule has 0 bridgehead atoms. The van der Waals surface area contributed by atoms with Gasteiger partial charge in [0.15, 0.2) is 0 Å². The summed E-state index contributed by atoms with van der Waals surface area (Å²) in [5.41, 5.74) is -0.420. The molecule has 1 aromatic carbocycles. The number of anilines is 1. The number of carbonyl (C=O) groups excluding carboxylic acids is 1. The van der Waals surface area contributed by atoms with Crippen molar-refractivity contribution in [3.05, 3.63) is 29.8 Å². The maximum atomic E-state index is 14.0. The Balaban J connectivity index is 1.75. The lowest BCUT2D eigenvalue weighted by molar-refractivity contribution is 0.0106. The number of halogens is 2. The van der Waals surface area contributed by atoms with E-state index in [1.165, 1.54) is 12.1 Å². The van der Waals surface area contributed by atoms with Crippen LogP contribution in [0.1, 0.15) is 33.6 Å². The summed E-state index contributed by atoms with van der Waals surface area (Å²) in [5, 5.41) is 0. The van der Waals surface area contributed by atoms with E-state index in [0.717, 1.165) is 18.9 Å². The number of amides is 1. The molecule has 3 rings (SSSR count). The van der Waals surface area contributed by atoms with Crippen LogP contribution >= 0.6 is 0 Å². The van der Waals surface area contributed by atoms with Crippen molar-refractivity contribution in [2.75, 3.05) is 24.5 Å². The molecule has 126 valence electrons. The van der Waals surface area contributed by atoms with E-state index in [1.807, 2.05) is 25.7 Å². The quantitative estimate of drug-likeness (QED) is 0.792. The molecular formula is C17H22F2N2O2. The van der Waals surface area contributed by atoms with Crippen LogP contribution in [0, 0.1) is 11.6 Å². The predicted octanol–water partition coefficient (Wildman–Crippen LogP) is 3.55. The lowest BCUT2D eigenvalue weighted by Gasteiger charge is -2.43.